The summed E-state index contributed by atoms with van der Waals surface area (Å²) in [6.45, 7) is 0.222. The Morgan fingerprint density at radius 2 is 2.24 bits per heavy atom. The summed E-state index contributed by atoms with van der Waals surface area (Å²) in [5.74, 6) is 0.240. The van der Waals surface area contributed by atoms with E-state index in [1.54, 1.807) is 24.4 Å². The lowest BCUT2D eigenvalue weighted by atomic mass is 10.3. The van der Waals surface area contributed by atoms with Crippen molar-refractivity contribution >= 4 is 22.2 Å². The van der Waals surface area contributed by atoms with Crippen molar-refractivity contribution in [3.63, 3.8) is 0 Å². The Labute approximate surface area is 101 Å². The van der Waals surface area contributed by atoms with Gasteiger partial charge in [0.05, 0.1) is 9.80 Å². The van der Waals surface area contributed by atoms with Crippen LogP contribution in [0.1, 0.15) is 4.88 Å². The monoisotopic (exact) mass is 251 g/mol. The number of rotatable bonds is 4. The van der Waals surface area contributed by atoms with Crippen molar-refractivity contribution < 1.29 is 9.66 Å². The number of benzene rings is 1. The van der Waals surface area contributed by atoms with Crippen LogP contribution >= 0.6 is 11.3 Å². The topological polar surface area (TPSA) is 91.3 Å². The maximum atomic E-state index is 10.7. The largest absolute Gasteiger partial charge is 0.481 e. The predicted octanol–water partition coefficient (Wildman–Crippen LogP) is 2.21. The summed E-state index contributed by atoms with van der Waals surface area (Å²) in [5, 5.41) is 11.2. The molecule has 2 N–H and O–H groups in total. The van der Waals surface area contributed by atoms with E-state index in [0.29, 0.717) is 5.13 Å². The van der Waals surface area contributed by atoms with Crippen LogP contribution in [0.4, 0.5) is 10.8 Å². The molecule has 0 atom stereocenters. The maximum absolute atomic E-state index is 10.7. The fraction of sp³-hybridized carbons (Fsp3) is 0.100. The van der Waals surface area contributed by atoms with E-state index >= 15 is 0 Å². The van der Waals surface area contributed by atoms with Crippen molar-refractivity contribution in [2.75, 3.05) is 5.73 Å². The second kappa shape index (κ2) is 4.79. The number of hydrogen-bond donors (Lipinski definition) is 1. The first-order valence-electron chi connectivity index (χ1n) is 4.73. The third-order valence-corrected chi connectivity index (χ3v) is 2.80. The van der Waals surface area contributed by atoms with Crippen molar-refractivity contribution in [2.45, 2.75) is 6.61 Å². The van der Waals surface area contributed by atoms with Gasteiger partial charge < -0.3 is 10.5 Å². The van der Waals surface area contributed by atoms with Gasteiger partial charge in [0.25, 0.3) is 0 Å². The molecule has 88 valence electrons. The van der Waals surface area contributed by atoms with Gasteiger partial charge in [0.2, 0.25) is 0 Å². The molecule has 0 amide bonds. The first-order valence-corrected chi connectivity index (χ1v) is 5.55. The number of nitrogens with zero attached hydrogens (tertiary/aromatic N) is 2. The minimum absolute atomic E-state index is 0.0509. The van der Waals surface area contributed by atoms with E-state index in [4.69, 9.17) is 10.5 Å². The highest BCUT2D eigenvalue weighted by Crippen LogP contribution is 2.27. The molecule has 0 radical (unpaired) electrons. The number of thiazole rings is 1. The van der Waals surface area contributed by atoms with Gasteiger partial charge in [-0.3, -0.25) is 10.1 Å². The van der Waals surface area contributed by atoms with Gasteiger partial charge in [-0.05, 0) is 6.07 Å². The summed E-state index contributed by atoms with van der Waals surface area (Å²) in [6.07, 6.45) is 1.59. The molecule has 0 saturated heterocycles. The molecular formula is C10H9N3O3S. The first-order chi connectivity index (χ1) is 8.16. The predicted molar refractivity (Wildman–Crippen MR) is 64.0 cm³/mol. The molecule has 0 bridgehead atoms. The molecule has 0 aliphatic heterocycles. The summed E-state index contributed by atoms with van der Waals surface area (Å²) in [4.78, 5) is 14.9. The van der Waals surface area contributed by atoms with Crippen molar-refractivity contribution in [3.8, 4) is 5.75 Å². The first kappa shape index (κ1) is 11.3. The van der Waals surface area contributed by atoms with Crippen molar-refractivity contribution in [1.82, 2.24) is 4.98 Å². The molecule has 0 spiro atoms. The van der Waals surface area contributed by atoms with Gasteiger partial charge in [0.15, 0.2) is 10.9 Å². The molecule has 17 heavy (non-hydrogen) atoms. The van der Waals surface area contributed by atoms with Crippen LogP contribution in [0, 0.1) is 10.1 Å². The summed E-state index contributed by atoms with van der Waals surface area (Å²) >= 11 is 1.29. The number of nitrogens with two attached hydrogens (primary N) is 1. The third kappa shape index (κ3) is 2.70. The van der Waals surface area contributed by atoms with Crippen LogP contribution < -0.4 is 10.5 Å². The Morgan fingerprint density at radius 1 is 1.47 bits per heavy atom. The van der Waals surface area contributed by atoms with E-state index < -0.39 is 4.92 Å². The van der Waals surface area contributed by atoms with Crippen LogP contribution in [0.3, 0.4) is 0 Å². The minimum atomic E-state index is -0.476. The average Bonchev–Trinajstić information content (AvgIpc) is 2.73. The Hall–Kier alpha value is -2.15. The van der Waals surface area contributed by atoms with Gasteiger partial charge >= 0.3 is 5.69 Å². The fourth-order valence-corrected chi connectivity index (χ4v) is 1.87. The van der Waals surface area contributed by atoms with Gasteiger partial charge in [0, 0.05) is 12.3 Å². The minimum Gasteiger partial charge on any atom is -0.481 e. The SMILES string of the molecule is Nc1ncc(COc2ccccc2[N+](=O)[O-])s1. The number of anilines is 1. The lowest BCUT2D eigenvalue weighted by molar-refractivity contribution is -0.385. The highest BCUT2D eigenvalue weighted by Gasteiger charge is 2.13. The van der Waals surface area contributed by atoms with Crippen molar-refractivity contribution in [2.24, 2.45) is 0 Å². The quantitative estimate of drug-likeness (QED) is 0.664. The molecule has 0 fully saturated rings. The zero-order valence-corrected chi connectivity index (χ0v) is 9.52. The Bertz CT molecular complexity index is 541. The van der Waals surface area contributed by atoms with Crippen LogP contribution in [-0.2, 0) is 6.61 Å². The van der Waals surface area contributed by atoms with Gasteiger partial charge in [-0.25, -0.2) is 4.98 Å². The number of aromatic nitrogens is 1. The summed E-state index contributed by atoms with van der Waals surface area (Å²) in [6, 6.07) is 6.23. The Balaban J connectivity index is 2.11. The zero-order chi connectivity index (χ0) is 12.3. The second-order valence-electron chi connectivity index (χ2n) is 3.18. The van der Waals surface area contributed by atoms with Gasteiger partial charge in [0.1, 0.15) is 6.61 Å². The van der Waals surface area contributed by atoms with Gasteiger partial charge in [-0.1, -0.05) is 23.5 Å². The lowest BCUT2D eigenvalue weighted by Gasteiger charge is -2.04. The van der Waals surface area contributed by atoms with Crippen LogP contribution in [0.5, 0.6) is 5.75 Å². The normalized spacial score (nSPS) is 10.1. The fourth-order valence-electron chi connectivity index (χ4n) is 1.27. The maximum Gasteiger partial charge on any atom is 0.310 e. The summed E-state index contributed by atoms with van der Waals surface area (Å²) < 4.78 is 5.37. The molecule has 0 unspecified atom stereocenters. The molecule has 7 heteroatoms. The number of para-hydroxylation sites is 2. The number of ether oxygens (including phenoxy) is 1. The highest BCUT2D eigenvalue weighted by molar-refractivity contribution is 7.15. The lowest BCUT2D eigenvalue weighted by Crippen LogP contribution is -1.97. The van der Waals surface area contributed by atoms with Crippen LogP contribution in [0.25, 0.3) is 0 Å². The van der Waals surface area contributed by atoms with Crippen molar-refractivity contribution in [3.05, 3.63) is 45.5 Å². The van der Waals surface area contributed by atoms with E-state index in [0.717, 1.165) is 4.88 Å². The standard InChI is InChI=1S/C10H9N3O3S/c11-10-12-5-7(17-10)6-16-9-4-2-1-3-8(9)13(14)15/h1-5H,6H2,(H2,11,12). The molecule has 0 saturated carbocycles. The summed E-state index contributed by atoms with van der Waals surface area (Å²) in [7, 11) is 0. The van der Waals surface area contributed by atoms with Gasteiger partial charge in [-0.15, -0.1) is 0 Å². The molecule has 2 aromatic rings. The highest BCUT2D eigenvalue weighted by atomic mass is 32.1. The van der Waals surface area contributed by atoms with Crippen LogP contribution in [-0.4, -0.2) is 9.91 Å². The number of hydrogen-bond acceptors (Lipinski definition) is 6. The van der Waals surface area contributed by atoms with E-state index in [9.17, 15) is 10.1 Å². The Morgan fingerprint density at radius 3 is 2.88 bits per heavy atom. The molecule has 6 nitrogen and oxygen atoms in total. The molecule has 2 rings (SSSR count). The van der Waals surface area contributed by atoms with E-state index in [2.05, 4.69) is 4.98 Å². The molecule has 0 aliphatic rings. The van der Waals surface area contributed by atoms with E-state index in [-0.39, 0.29) is 18.0 Å². The molecule has 1 heterocycles. The summed E-state index contributed by atoms with van der Waals surface area (Å²) in [5.41, 5.74) is 5.42. The second-order valence-corrected chi connectivity index (χ2v) is 4.33. The average molecular weight is 251 g/mol. The molecular weight excluding hydrogens is 242 g/mol. The zero-order valence-electron chi connectivity index (χ0n) is 8.70. The van der Waals surface area contributed by atoms with Gasteiger partial charge in [-0.2, -0.15) is 0 Å². The smallest absolute Gasteiger partial charge is 0.310 e. The number of nitrogen functional groups attached to an aromatic ring is 1. The van der Waals surface area contributed by atoms with Crippen LogP contribution in [0.15, 0.2) is 30.5 Å². The number of nitro groups is 1. The van der Waals surface area contributed by atoms with Crippen molar-refractivity contribution in [1.29, 1.82) is 0 Å². The van der Waals surface area contributed by atoms with Crippen LogP contribution in [0.2, 0.25) is 0 Å². The Kier molecular flexibility index (Phi) is 3.20. The van der Waals surface area contributed by atoms with E-state index in [1.807, 2.05) is 0 Å². The number of nitro benzene ring substituents is 1. The molecule has 0 aliphatic carbocycles. The molecule has 1 aromatic carbocycles. The molecule has 1 aromatic heterocycles. The third-order valence-electron chi connectivity index (χ3n) is 2.00. The van der Waals surface area contributed by atoms with E-state index in [1.165, 1.54) is 17.4 Å².